The van der Waals surface area contributed by atoms with Crippen molar-refractivity contribution in [1.82, 2.24) is 0 Å². The number of methoxy groups -OCH3 is 2. The number of rotatable bonds is 5. The summed E-state index contributed by atoms with van der Waals surface area (Å²) in [6, 6.07) is 3.86. The van der Waals surface area contributed by atoms with E-state index in [1.54, 1.807) is 21.1 Å². The van der Waals surface area contributed by atoms with E-state index >= 15 is 0 Å². The fourth-order valence-corrected chi connectivity index (χ4v) is 2.04. The average molecular weight is 289 g/mol. The highest BCUT2D eigenvalue weighted by Gasteiger charge is 2.12. The van der Waals surface area contributed by atoms with Gasteiger partial charge < -0.3 is 14.6 Å². The predicted octanol–water partition coefficient (Wildman–Crippen LogP) is 2.78. The Kier molecular flexibility index (Phi) is 5.09. The molecule has 0 bridgehead atoms. The number of hydrogen-bond acceptors (Lipinski definition) is 3. The molecule has 0 heterocycles. The quantitative estimate of drug-likeness (QED) is 0.906. The number of hydrogen-bond donors (Lipinski definition) is 1. The Morgan fingerprint density at radius 3 is 2.50 bits per heavy atom. The van der Waals surface area contributed by atoms with E-state index in [2.05, 4.69) is 15.9 Å². The SMILES string of the molecule is COc1cc(Br)cc(CC[C@H](C)O)c1OC. The first-order valence-corrected chi connectivity index (χ1v) is 5.96. The van der Waals surface area contributed by atoms with Crippen molar-refractivity contribution in [2.75, 3.05) is 14.2 Å². The maximum atomic E-state index is 9.29. The first kappa shape index (κ1) is 13.3. The number of benzene rings is 1. The third-order valence-electron chi connectivity index (χ3n) is 2.35. The molecule has 0 saturated carbocycles. The molecule has 1 atom stereocenters. The van der Waals surface area contributed by atoms with Gasteiger partial charge in [0.05, 0.1) is 20.3 Å². The van der Waals surface area contributed by atoms with Gasteiger partial charge in [-0.15, -0.1) is 0 Å². The number of aliphatic hydroxyl groups is 1. The maximum Gasteiger partial charge on any atom is 0.163 e. The number of ether oxygens (including phenoxy) is 2. The molecule has 16 heavy (non-hydrogen) atoms. The Hall–Kier alpha value is -0.740. The first-order chi connectivity index (χ1) is 7.58. The van der Waals surface area contributed by atoms with Gasteiger partial charge in [0.2, 0.25) is 0 Å². The fourth-order valence-electron chi connectivity index (χ4n) is 1.56. The zero-order valence-corrected chi connectivity index (χ0v) is 11.4. The molecule has 1 aromatic carbocycles. The molecule has 0 fully saturated rings. The summed E-state index contributed by atoms with van der Waals surface area (Å²) < 4.78 is 11.5. The largest absolute Gasteiger partial charge is 0.493 e. The Balaban J connectivity index is 3.00. The van der Waals surface area contributed by atoms with E-state index in [1.165, 1.54) is 0 Å². The van der Waals surface area contributed by atoms with Crippen molar-refractivity contribution in [3.8, 4) is 11.5 Å². The minimum Gasteiger partial charge on any atom is -0.493 e. The van der Waals surface area contributed by atoms with Crippen molar-refractivity contribution < 1.29 is 14.6 Å². The summed E-state index contributed by atoms with van der Waals surface area (Å²) in [5.41, 5.74) is 1.04. The molecule has 3 nitrogen and oxygen atoms in total. The Bertz CT molecular complexity index is 350. The molecule has 0 aromatic heterocycles. The molecule has 90 valence electrons. The van der Waals surface area contributed by atoms with Gasteiger partial charge in [0, 0.05) is 4.47 Å². The van der Waals surface area contributed by atoms with Gasteiger partial charge in [0.1, 0.15) is 0 Å². The van der Waals surface area contributed by atoms with Crippen LogP contribution in [0.15, 0.2) is 16.6 Å². The van der Waals surface area contributed by atoms with E-state index in [9.17, 15) is 5.11 Å². The van der Waals surface area contributed by atoms with E-state index < -0.39 is 0 Å². The minimum atomic E-state index is -0.310. The highest BCUT2D eigenvalue weighted by atomic mass is 79.9. The van der Waals surface area contributed by atoms with Gasteiger partial charge >= 0.3 is 0 Å². The molecule has 1 rings (SSSR count). The molecule has 0 spiro atoms. The zero-order chi connectivity index (χ0) is 12.1. The summed E-state index contributed by atoms with van der Waals surface area (Å²) in [7, 11) is 3.24. The highest BCUT2D eigenvalue weighted by molar-refractivity contribution is 9.10. The lowest BCUT2D eigenvalue weighted by atomic mass is 10.1. The molecule has 0 aliphatic heterocycles. The molecule has 4 heteroatoms. The van der Waals surface area contributed by atoms with Crippen LogP contribution in [0, 0.1) is 0 Å². The summed E-state index contributed by atoms with van der Waals surface area (Å²) in [5, 5.41) is 9.29. The summed E-state index contributed by atoms with van der Waals surface area (Å²) in [6.45, 7) is 1.78. The fraction of sp³-hybridized carbons (Fsp3) is 0.500. The van der Waals surface area contributed by atoms with Crippen LogP contribution in [-0.4, -0.2) is 25.4 Å². The van der Waals surface area contributed by atoms with Gasteiger partial charge in [0.15, 0.2) is 11.5 Å². The van der Waals surface area contributed by atoms with Crippen LogP contribution in [0.5, 0.6) is 11.5 Å². The molecule has 0 radical (unpaired) electrons. The van der Waals surface area contributed by atoms with Gasteiger partial charge in [0.25, 0.3) is 0 Å². The summed E-state index contributed by atoms with van der Waals surface area (Å²) in [4.78, 5) is 0. The normalized spacial score (nSPS) is 12.3. The van der Waals surface area contributed by atoms with Crippen LogP contribution >= 0.6 is 15.9 Å². The third-order valence-corrected chi connectivity index (χ3v) is 2.81. The van der Waals surface area contributed by atoms with Crippen LogP contribution < -0.4 is 9.47 Å². The first-order valence-electron chi connectivity index (χ1n) is 5.17. The van der Waals surface area contributed by atoms with Crippen LogP contribution in [0.2, 0.25) is 0 Å². The minimum absolute atomic E-state index is 0.310. The molecule has 0 amide bonds. The monoisotopic (exact) mass is 288 g/mol. The number of halogens is 1. The molecule has 0 aliphatic rings. The summed E-state index contributed by atoms with van der Waals surface area (Å²) >= 11 is 3.43. The third kappa shape index (κ3) is 3.39. The van der Waals surface area contributed by atoms with Crippen LogP contribution in [-0.2, 0) is 6.42 Å². The van der Waals surface area contributed by atoms with Gasteiger partial charge in [-0.1, -0.05) is 15.9 Å². The van der Waals surface area contributed by atoms with Crippen molar-refractivity contribution >= 4 is 15.9 Å². The van der Waals surface area contributed by atoms with Crippen LogP contribution in [0.1, 0.15) is 18.9 Å². The van der Waals surface area contributed by atoms with E-state index in [1.807, 2.05) is 12.1 Å². The topological polar surface area (TPSA) is 38.7 Å². The second kappa shape index (κ2) is 6.11. The number of aliphatic hydroxyl groups excluding tert-OH is 1. The number of aryl methyl sites for hydroxylation is 1. The molecule has 0 aliphatic carbocycles. The lowest BCUT2D eigenvalue weighted by Gasteiger charge is -2.14. The van der Waals surface area contributed by atoms with Crippen LogP contribution in [0.25, 0.3) is 0 Å². The van der Waals surface area contributed by atoms with Crippen molar-refractivity contribution in [3.05, 3.63) is 22.2 Å². The van der Waals surface area contributed by atoms with Crippen molar-refractivity contribution in [2.24, 2.45) is 0 Å². The van der Waals surface area contributed by atoms with Crippen LogP contribution in [0.3, 0.4) is 0 Å². The van der Waals surface area contributed by atoms with Gasteiger partial charge in [-0.3, -0.25) is 0 Å². The van der Waals surface area contributed by atoms with E-state index in [4.69, 9.17) is 9.47 Å². The maximum absolute atomic E-state index is 9.29. The predicted molar refractivity (Wildman–Crippen MR) is 67.2 cm³/mol. The second-order valence-corrected chi connectivity index (χ2v) is 4.60. The van der Waals surface area contributed by atoms with Gasteiger partial charge in [-0.25, -0.2) is 0 Å². The van der Waals surface area contributed by atoms with Crippen molar-refractivity contribution in [3.63, 3.8) is 0 Å². The molecular weight excluding hydrogens is 272 g/mol. The smallest absolute Gasteiger partial charge is 0.163 e. The van der Waals surface area contributed by atoms with Crippen LogP contribution in [0.4, 0.5) is 0 Å². The lowest BCUT2D eigenvalue weighted by molar-refractivity contribution is 0.184. The van der Waals surface area contributed by atoms with Gasteiger partial charge in [-0.2, -0.15) is 0 Å². The second-order valence-electron chi connectivity index (χ2n) is 3.69. The van der Waals surface area contributed by atoms with E-state index in [-0.39, 0.29) is 6.10 Å². The Morgan fingerprint density at radius 1 is 1.31 bits per heavy atom. The van der Waals surface area contributed by atoms with E-state index in [0.717, 1.165) is 22.2 Å². The summed E-state index contributed by atoms with van der Waals surface area (Å²) in [6.07, 6.45) is 1.15. The molecule has 1 N–H and O–H groups in total. The zero-order valence-electron chi connectivity index (χ0n) is 9.79. The molecule has 1 aromatic rings. The lowest BCUT2D eigenvalue weighted by Crippen LogP contribution is -2.03. The molecule has 0 unspecified atom stereocenters. The van der Waals surface area contributed by atoms with Crippen molar-refractivity contribution in [2.45, 2.75) is 25.9 Å². The van der Waals surface area contributed by atoms with E-state index in [0.29, 0.717) is 12.2 Å². The van der Waals surface area contributed by atoms with Crippen molar-refractivity contribution in [1.29, 1.82) is 0 Å². The Labute approximate surface area is 105 Å². The molecular formula is C12H17BrO3. The van der Waals surface area contributed by atoms with Gasteiger partial charge in [-0.05, 0) is 37.5 Å². The Morgan fingerprint density at radius 2 is 2.00 bits per heavy atom. The average Bonchev–Trinajstić information content (AvgIpc) is 2.25. The molecule has 0 saturated heterocycles. The summed E-state index contributed by atoms with van der Waals surface area (Å²) in [5.74, 6) is 1.45. The standard InChI is InChI=1S/C12H17BrO3/c1-8(14)4-5-9-6-10(13)7-11(15-2)12(9)16-3/h6-8,14H,4-5H2,1-3H3/t8-/m0/s1. The highest BCUT2D eigenvalue weighted by Crippen LogP contribution is 2.35.